The monoisotopic (exact) mass is 470 g/mol. The molecule has 0 spiro atoms. The van der Waals surface area contributed by atoms with E-state index in [-0.39, 0.29) is 11.6 Å². The zero-order valence-corrected chi connectivity index (χ0v) is 19.5. The number of carbonyl (C=O) groups is 2. The lowest BCUT2D eigenvalue weighted by molar-refractivity contribution is 0.0827. The van der Waals surface area contributed by atoms with Gasteiger partial charge in [-0.3, -0.25) is 9.69 Å². The number of hydrogen-bond acceptors (Lipinski definition) is 4. The van der Waals surface area contributed by atoms with Gasteiger partial charge in [0, 0.05) is 58.4 Å². The van der Waals surface area contributed by atoms with Crippen molar-refractivity contribution in [3.05, 3.63) is 59.4 Å². The molecule has 0 bridgehead atoms. The molecule has 1 N–H and O–H groups in total. The summed E-state index contributed by atoms with van der Waals surface area (Å²) < 4.78 is 29.1. The third-order valence-electron chi connectivity index (χ3n) is 5.99. The number of imidazole rings is 1. The minimum Gasteiger partial charge on any atom is -0.345 e. The van der Waals surface area contributed by atoms with E-state index in [4.69, 9.17) is 4.98 Å². The standard InChI is InChI=1S/C24H28F2N6O2/c1-4-32-21-8-5-16(23(33)29(2)3)13-20(21)27-22(32)15-30-9-11-31(12-10-30)24(34)28-19-7-6-17(25)14-18(19)26/h5-8,13-14H,4,9-12,15H2,1-3H3,(H,28,34). The Balaban J connectivity index is 1.40. The van der Waals surface area contributed by atoms with Crippen molar-refractivity contribution in [3.8, 4) is 0 Å². The number of carbonyl (C=O) groups excluding carboxylic acids is 2. The van der Waals surface area contributed by atoms with E-state index < -0.39 is 17.7 Å². The summed E-state index contributed by atoms with van der Waals surface area (Å²) in [5.41, 5.74) is 2.32. The van der Waals surface area contributed by atoms with Gasteiger partial charge in [0.2, 0.25) is 0 Å². The number of anilines is 1. The molecule has 0 radical (unpaired) electrons. The summed E-state index contributed by atoms with van der Waals surface area (Å²) in [5.74, 6) is -0.661. The Morgan fingerprint density at radius 2 is 1.79 bits per heavy atom. The highest BCUT2D eigenvalue weighted by molar-refractivity contribution is 5.97. The zero-order chi connectivity index (χ0) is 24.4. The molecule has 34 heavy (non-hydrogen) atoms. The maximum Gasteiger partial charge on any atom is 0.322 e. The van der Waals surface area contributed by atoms with Crippen LogP contribution in [0.2, 0.25) is 0 Å². The van der Waals surface area contributed by atoms with Gasteiger partial charge in [-0.1, -0.05) is 0 Å². The van der Waals surface area contributed by atoms with E-state index in [1.165, 1.54) is 6.07 Å². The Morgan fingerprint density at radius 1 is 1.06 bits per heavy atom. The lowest BCUT2D eigenvalue weighted by Gasteiger charge is -2.34. The van der Waals surface area contributed by atoms with E-state index in [0.29, 0.717) is 38.3 Å². The molecule has 4 rings (SSSR count). The lowest BCUT2D eigenvalue weighted by atomic mass is 10.2. The van der Waals surface area contributed by atoms with Crippen molar-refractivity contribution >= 4 is 28.7 Å². The van der Waals surface area contributed by atoms with Crippen LogP contribution in [0.4, 0.5) is 19.3 Å². The third kappa shape index (κ3) is 4.86. The number of nitrogens with zero attached hydrogens (tertiary/aromatic N) is 5. The first kappa shape index (κ1) is 23.6. The molecule has 1 aromatic heterocycles. The fraction of sp³-hybridized carbons (Fsp3) is 0.375. The largest absolute Gasteiger partial charge is 0.345 e. The molecule has 2 aromatic carbocycles. The number of hydrogen-bond donors (Lipinski definition) is 1. The number of piperazine rings is 1. The SMILES string of the molecule is CCn1c(CN2CCN(C(=O)Nc3ccc(F)cc3F)CC2)nc2cc(C(=O)N(C)C)ccc21. The van der Waals surface area contributed by atoms with E-state index >= 15 is 0 Å². The summed E-state index contributed by atoms with van der Waals surface area (Å²) in [6.07, 6.45) is 0. The minimum atomic E-state index is -0.805. The first-order valence-corrected chi connectivity index (χ1v) is 11.2. The molecule has 8 nitrogen and oxygen atoms in total. The highest BCUT2D eigenvalue weighted by Gasteiger charge is 2.24. The maximum absolute atomic E-state index is 13.8. The van der Waals surface area contributed by atoms with Gasteiger partial charge in [-0.2, -0.15) is 0 Å². The fourth-order valence-corrected chi connectivity index (χ4v) is 4.14. The quantitative estimate of drug-likeness (QED) is 0.621. The van der Waals surface area contributed by atoms with Crippen molar-refractivity contribution < 1.29 is 18.4 Å². The Bertz CT molecular complexity index is 1220. The van der Waals surface area contributed by atoms with Gasteiger partial charge >= 0.3 is 6.03 Å². The second-order valence-corrected chi connectivity index (χ2v) is 8.49. The molecule has 10 heteroatoms. The highest BCUT2D eigenvalue weighted by atomic mass is 19.1. The van der Waals surface area contributed by atoms with Crippen LogP contribution in [0.3, 0.4) is 0 Å². The molecular weight excluding hydrogens is 442 g/mol. The number of fused-ring (bicyclic) bond motifs is 1. The smallest absolute Gasteiger partial charge is 0.322 e. The van der Waals surface area contributed by atoms with E-state index in [1.54, 1.807) is 23.9 Å². The van der Waals surface area contributed by atoms with Gasteiger partial charge in [0.15, 0.2) is 0 Å². The van der Waals surface area contributed by atoms with Crippen molar-refractivity contribution in [1.29, 1.82) is 0 Å². The Labute approximate surface area is 196 Å². The molecule has 0 unspecified atom stereocenters. The fourth-order valence-electron chi connectivity index (χ4n) is 4.14. The van der Waals surface area contributed by atoms with Gasteiger partial charge < -0.3 is 19.7 Å². The summed E-state index contributed by atoms with van der Waals surface area (Å²) >= 11 is 0. The third-order valence-corrected chi connectivity index (χ3v) is 5.99. The van der Waals surface area contributed by atoms with Crippen LogP contribution < -0.4 is 5.32 Å². The number of aryl methyl sites for hydroxylation is 1. The number of benzene rings is 2. The number of halogens is 2. The van der Waals surface area contributed by atoms with Crippen LogP contribution >= 0.6 is 0 Å². The summed E-state index contributed by atoms with van der Waals surface area (Å²) in [6.45, 7) is 5.64. The number of aromatic nitrogens is 2. The molecule has 3 aromatic rings. The van der Waals surface area contributed by atoms with E-state index in [2.05, 4.69) is 21.7 Å². The average Bonchev–Trinajstić information content (AvgIpc) is 3.16. The predicted molar refractivity (Wildman–Crippen MR) is 126 cm³/mol. The molecule has 1 fully saturated rings. The molecule has 0 aliphatic carbocycles. The number of urea groups is 1. The van der Waals surface area contributed by atoms with Crippen molar-refractivity contribution in [3.63, 3.8) is 0 Å². The van der Waals surface area contributed by atoms with Crippen molar-refractivity contribution in [1.82, 2.24) is 24.3 Å². The molecule has 1 aliphatic heterocycles. The molecule has 0 atom stereocenters. The molecule has 1 aliphatic rings. The molecule has 0 saturated carbocycles. The highest BCUT2D eigenvalue weighted by Crippen LogP contribution is 2.21. The Kier molecular flexibility index (Phi) is 6.78. The molecule has 3 amide bonds. The first-order chi connectivity index (χ1) is 16.3. The number of amides is 3. The van der Waals surface area contributed by atoms with Crippen LogP contribution in [0.15, 0.2) is 36.4 Å². The number of rotatable bonds is 5. The van der Waals surface area contributed by atoms with E-state index in [9.17, 15) is 18.4 Å². The lowest BCUT2D eigenvalue weighted by Crippen LogP contribution is -2.49. The molecular formula is C24H28F2N6O2. The van der Waals surface area contributed by atoms with E-state index in [0.717, 1.165) is 35.5 Å². The minimum absolute atomic E-state index is 0.0439. The normalized spacial score (nSPS) is 14.4. The van der Waals surface area contributed by atoms with Gasteiger partial charge in [0.1, 0.15) is 17.5 Å². The second-order valence-electron chi connectivity index (χ2n) is 8.49. The van der Waals surface area contributed by atoms with Crippen LogP contribution in [0, 0.1) is 11.6 Å². The van der Waals surface area contributed by atoms with Crippen LogP contribution in [-0.2, 0) is 13.1 Å². The van der Waals surface area contributed by atoms with E-state index in [1.807, 2.05) is 18.2 Å². The molecule has 1 saturated heterocycles. The summed E-state index contributed by atoms with van der Waals surface area (Å²) in [7, 11) is 3.44. The summed E-state index contributed by atoms with van der Waals surface area (Å²) in [6, 6.07) is 8.23. The second kappa shape index (κ2) is 9.76. The first-order valence-electron chi connectivity index (χ1n) is 11.2. The average molecular weight is 471 g/mol. The van der Waals surface area contributed by atoms with Crippen molar-refractivity contribution in [2.45, 2.75) is 20.0 Å². The summed E-state index contributed by atoms with van der Waals surface area (Å²) in [4.78, 5) is 35.0. The van der Waals surface area contributed by atoms with Crippen molar-refractivity contribution in [2.75, 3.05) is 45.6 Å². The zero-order valence-electron chi connectivity index (χ0n) is 19.5. The van der Waals surface area contributed by atoms with Gasteiger partial charge in [-0.05, 0) is 37.3 Å². The van der Waals surface area contributed by atoms with Crippen LogP contribution in [-0.4, -0.2) is 76.5 Å². The molecule has 2 heterocycles. The van der Waals surface area contributed by atoms with Gasteiger partial charge in [-0.25, -0.2) is 18.6 Å². The molecule has 180 valence electrons. The van der Waals surface area contributed by atoms with Gasteiger partial charge in [0.25, 0.3) is 5.91 Å². The topological polar surface area (TPSA) is 73.7 Å². The van der Waals surface area contributed by atoms with Gasteiger partial charge in [-0.15, -0.1) is 0 Å². The summed E-state index contributed by atoms with van der Waals surface area (Å²) in [5, 5.41) is 2.51. The van der Waals surface area contributed by atoms with Crippen molar-refractivity contribution in [2.24, 2.45) is 0 Å². The Morgan fingerprint density at radius 3 is 2.44 bits per heavy atom. The Hall–Kier alpha value is -3.53. The van der Waals surface area contributed by atoms with Crippen LogP contribution in [0.25, 0.3) is 11.0 Å². The number of nitrogens with one attached hydrogen (secondary N) is 1. The van der Waals surface area contributed by atoms with Crippen LogP contribution in [0.5, 0.6) is 0 Å². The predicted octanol–water partition coefficient (Wildman–Crippen LogP) is 3.39. The van der Waals surface area contributed by atoms with Crippen LogP contribution in [0.1, 0.15) is 23.1 Å². The van der Waals surface area contributed by atoms with Gasteiger partial charge in [0.05, 0.1) is 23.3 Å². The maximum atomic E-state index is 13.8.